The zero-order chi connectivity index (χ0) is 24.8. The lowest BCUT2D eigenvalue weighted by Crippen LogP contribution is -2.52. The fourth-order valence-electron chi connectivity index (χ4n) is 9.00. The first kappa shape index (κ1) is 26.1. The van der Waals surface area contributed by atoms with Crippen LogP contribution in [0.25, 0.3) is 0 Å². The molecular formula is C30H49NO3. The van der Waals surface area contributed by atoms with E-state index in [4.69, 9.17) is 10.8 Å². The molecule has 0 spiro atoms. The highest BCUT2D eigenvalue weighted by molar-refractivity contribution is 5.95. The SMILES string of the molecule is C=C(C(=O)CC(N)C(O)CO)C(C)CC1CCC2(C)C(CCC3C4CCC(=C)C4(C)CCC32)C1. The van der Waals surface area contributed by atoms with Crippen LogP contribution in [0.5, 0.6) is 0 Å². The summed E-state index contributed by atoms with van der Waals surface area (Å²) in [4.78, 5) is 12.7. The van der Waals surface area contributed by atoms with Gasteiger partial charge in [0.15, 0.2) is 5.78 Å². The summed E-state index contributed by atoms with van der Waals surface area (Å²) in [5.41, 5.74) is 8.91. The van der Waals surface area contributed by atoms with Gasteiger partial charge in [0.25, 0.3) is 0 Å². The lowest BCUT2D eigenvalue weighted by molar-refractivity contribution is -0.117. The largest absolute Gasteiger partial charge is 0.394 e. The Morgan fingerprint density at radius 2 is 1.88 bits per heavy atom. The van der Waals surface area contributed by atoms with Gasteiger partial charge in [-0.05, 0) is 116 Å². The van der Waals surface area contributed by atoms with Gasteiger partial charge in [0, 0.05) is 12.5 Å². The predicted molar refractivity (Wildman–Crippen MR) is 138 cm³/mol. The number of nitrogens with two attached hydrogens (primary N) is 1. The first-order valence-electron chi connectivity index (χ1n) is 14.0. The highest BCUT2D eigenvalue weighted by atomic mass is 16.3. The number of aliphatic hydroxyl groups is 2. The Balaban J connectivity index is 1.35. The molecule has 0 aromatic carbocycles. The minimum atomic E-state index is -1.06. The molecule has 4 N–H and O–H groups in total. The van der Waals surface area contributed by atoms with Crippen molar-refractivity contribution in [1.82, 2.24) is 0 Å². The van der Waals surface area contributed by atoms with E-state index in [0.29, 0.717) is 22.3 Å². The Bertz CT molecular complexity index is 807. The highest BCUT2D eigenvalue weighted by Gasteiger charge is 2.58. The van der Waals surface area contributed by atoms with Crippen molar-refractivity contribution in [2.75, 3.05) is 6.61 Å². The van der Waals surface area contributed by atoms with Crippen LogP contribution >= 0.6 is 0 Å². The van der Waals surface area contributed by atoms with E-state index < -0.39 is 18.8 Å². The number of hydrogen-bond donors (Lipinski definition) is 3. The van der Waals surface area contributed by atoms with Gasteiger partial charge in [0.2, 0.25) is 0 Å². The number of allylic oxidation sites excluding steroid dienone is 2. The zero-order valence-electron chi connectivity index (χ0n) is 21.9. The van der Waals surface area contributed by atoms with Crippen molar-refractivity contribution >= 4 is 5.78 Å². The Hall–Kier alpha value is -0.970. The molecule has 0 aromatic heterocycles. The zero-order valence-corrected chi connectivity index (χ0v) is 21.9. The molecule has 4 nitrogen and oxygen atoms in total. The van der Waals surface area contributed by atoms with Crippen LogP contribution in [0.2, 0.25) is 0 Å². The Morgan fingerprint density at radius 3 is 2.59 bits per heavy atom. The van der Waals surface area contributed by atoms with Crippen molar-refractivity contribution in [1.29, 1.82) is 0 Å². The molecule has 0 aliphatic heterocycles. The summed E-state index contributed by atoms with van der Waals surface area (Å²) in [6.07, 6.45) is 12.0. The lowest BCUT2D eigenvalue weighted by Gasteiger charge is -2.61. The number of ketones is 1. The number of fused-ring (bicyclic) bond motifs is 5. The molecule has 0 aromatic rings. The minimum absolute atomic E-state index is 0.0475. The van der Waals surface area contributed by atoms with Crippen LogP contribution in [0.1, 0.15) is 91.4 Å². The molecule has 4 aliphatic carbocycles. The third-order valence-electron chi connectivity index (χ3n) is 11.5. The van der Waals surface area contributed by atoms with Gasteiger partial charge in [-0.3, -0.25) is 4.79 Å². The van der Waals surface area contributed by atoms with Crippen LogP contribution in [0.3, 0.4) is 0 Å². The predicted octanol–water partition coefficient (Wildman–Crippen LogP) is 5.42. The number of carbonyl (C=O) groups excluding carboxylic acids is 1. The molecule has 0 amide bonds. The summed E-state index contributed by atoms with van der Waals surface area (Å²) in [6, 6.07) is -0.735. The standard InChI is InChI=1S/C30H49NO3/c1-18(20(3)27(33)16-26(31)28(34)17-32)14-21-10-12-30(5)22(15-21)7-8-23-24-9-6-19(2)29(24,4)13-11-25(23)30/h18,21-26,28,32,34H,2-3,6-17,31H2,1,4-5H3. The van der Waals surface area contributed by atoms with Crippen LogP contribution in [-0.2, 0) is 4.79 Å². The van der Waals surface area contributed by atoms with Gasteiger partial charge in [-0.2, -0.15) is 0 Å². The van der Waals surface area contributed by atoms with E-state index in [1.165, 1.54) is 63.4 Å². The van der Waals surface area contributed by atoms with Crippen molar-refractivity contribution in [3.05, 3.63) is 24.3 Å². The summed E-state index contributed by atoms with van der Waals surface area (Å²) in [7, 11) is 0. The van der Waals surface area contributed by atoms with Gasteiger partial charge in [0.05, 0.1) is 12.7 Å². The van der Waals surface area contributed by atoms with Crippen molar-refractivity contribution < 1.29 is 15.0 Å². The summed E-state index contributed by atoms with van der Waals surface area (Å²) >= 11 is 0. The number of hydrogen-bond acceptors (Lipinski definition) is 4. The fraction of sp³-hybridized carbons (Fsp3) is 0.833. The number of rotatable bonds is 8. The maximum absolute atomic E-state index is 12.7. The molecular weight excluding hydrogens is 422 g/mol. The Morgan fingerprint density at radius 1 is 1.15 bits per heavy atom. The van der Waals surface area contributed by atoms with E-state index in [1.54, 1.807) is 0 Å². The number of carbonyl (C=O) groups is 1. The second-order valence-corrected chi connectivity index (χ2v) is 13.1. The number of aliphatic hydroxyl groups excluding tert-OH is 2. The molecule has 4 saturated carbocycles. The maximum Gasteiger partial charge on any atom is 0.160 e. The van der Waals surface area contributed by atoms with Crippen LogP contribution in [-0.4, -0.2) is 34.7 Å². The van der Waals surface area contributed by atoms with E-state index in [0.717, 1.165) is 30.1 Å². The molecule has 10 atom stereocenters. The molecule has 0 heterocycles. The molecule has 0 saturated heterocycles. The van der Waals surface area contributed by atoms with Crippen LogP contribution < -0.4 is 5.73 Å². The minimum Gasteiger partial charge on any atom is -0.394 e. The first-order valence-corrected chi connectivity index (χ1v) is 14.0. The Labute approximate surface area is 207 Å². The molecule has 4 aliphatic rings. The van der Waals surface area contributed by atoms with Crippen LogP contribution in [0, 0.1) is 46.3 Å². The topological polar surface area (TPSA) is 83.6 Å². The van der Waals surface area contributed by atoms with Crippen LogP contribution in [0.4, 0.5) is 0 Å². The van der Waals surface area contributed by atoms with Crippen molar-refractivity contribution in [3.63, 3.8) is 0 Å². The van der Waals surface area contributed by atoms with Gasteiger partial charge < -0.3 is 15.9 Å². The first-order chi connectivity index (χ1) is 16.0. The average Bonchev–Trinajstić information content (AvgIpc) is 3.12. The molecule has 0 radical (unpaired) electrons. The summed E-state index contributed by atoms with van der Waals surface area (Å²) in [5.74, 6) is 4.17. The summed E-state index contributed by atoms with van der Waals surface area (Å²) in [5, 5.41) is 18.8. The molecule has 4 rings (SSSR count). The summed E-state index contributed by atoms with van der Waals surface area (Å²) in [6.45, 7) is 15.4. The van der Waals surface area contributed by atoms with E-state index >= 15 is 0 Å². The van der Waals surface area contributed by atoms with Crippen molar-refractivity contribution in [2.45, 2.75) is 104 Å². The summed E-state index contributed by atoms with van der Waals surface area (Å²) < 4.78 is 0. The van der Waals surface area contributed by atoms with E-state index in [-0.39, 0.29) is 18.1 Å². The maximum atomic E-state index is 12.7. The van der Waals surface area contributed by atoms with Gasteiger partial charge in [0.1, 0.15) is 0 Å². The average molecular weight is 472 g/mol. The second kappa shape index (κ2) is 9.82. The van der Waals surface area contributed by atoms with Gasteiger partial charge in [-0.25, -0.2) is 0 Å². The van der Waals surface area contributed by atoms with E-state index in [9.17, 15) is 9.90 Å². The van der Waals surface area contributed by atoms with Crippen molar-refractivity contribution in [2.24, 2.45) is 52.1 Å². The monoisotopic (exact) mass is 471 g/mol. The molecule has 4 fully saturated rings. The van der Waals surface area contributed by atoms with Gasteiger partial charge in [-0.1, -0.05) is 39.5 Å². The van der Waals surface area contributed by atoms with E-state index in [2.05, 4.69) is 33.9 Å². The molecule has 34 heavy (non-hydrogen) atoms. The third-order valence-corrected chi connectivity index (χ3v) is 11.5. The molecule has 10 unspecified atom stereocenters. The normalized spacial score (nSPS) is 42.2. The molecule has 0 bridgehead atoms. The molecule has 192 valence electrons. The fourth-order valence-corrected chi connectivity index (χ4v) is 9.00. The highest BCUT2D eigenvalue weighted by Crippen LogP contribution is 2.67. The quantitative estimate of drug-likeness (QED) is 0.326. The Kier molecular flexibility index (Phi) is 7.54. The van der Waals surface area contributed by atoms with Crippen LogP contribution in [0.15, 0.2) is 24.3 Å². The lowest BCUT2D eigenvalue weighted by atomic mass is 9.44. The van der Waals surface area contributed by atoms with Gasteiger partial charge in [-0.15, -0.1) is 0 Å². The van der Waals surface area contributed by atoms with Gasteiger partial charge >= 0.3 is 0 Å². The third kappa shape index (κ3) is 4.48. The van der Waals surface area contributed by atoms with Crippen molar-refractivity contribution in [3.8, 4) is 0 Å². The molecule has 4 heteroatoms. The second-order valence-electron chi connectivity index (χ2n) is 13.1. The number of Topliss-reactive ketones (excluding diaryl/α,β-unsaturated/α-hetero) is 1. The van der Waals surface area contributed by atoms with E-state index in [1.807, 2.05) is 0 Å². The smallest absolute Gasteiger partial charge is 0.160 e.